The summed E-state index contributed by atoms with van der Waals surface area (Å²) in [7, 11) is 1.47. The highest BCUT2D eigenvalue weighted by molar-refractivity contribution is 14.1. The van der Waals surface area contributed by atoms with Crippen LogP contribution < -0.4 is 20.6 Å². The normalized spacial score (nSPS) is 10.4. The minimum Gasteiger partial charge on any atom is -0.493 e. The predicted molar refractivity (Wildman–Crippen MR) is 97.4 cm³/mol. The number of halogens is 1. The molecule has 8 heteroatoms. The zero-order valence-electron chi connectivity index (χ0n) is 12.7. The molecule has 0 saturated carbocycles. The number of benzene rings is 2. The topological polar surface area (TPSA) is 103 Å². The molecule has 0 aromatic heterocycles. The van der Waals surface area contributed by atoms with Crippen molar-refractivity contribution in [1.82, 2.24) is 5.43 Å². The Balaban J connectivity index is 2.25. The first kappa shape index (κ1) is 17.7. The third-order valence-corrected chi connectivity index (χ3v) is 3.65. The summed E-state index contributed by atoms with van der Waals surface area (Å²) in [5, 5.41) is 3.68. The number of ether oxygens (including phenoxy) is 2. The molecular formula is C16H14IN3O4. The number of nitrogens with two attached hydrogens (primary N) is 1. The largest absolute Gasteiger partial charge is 0.493 e. The smallest absolute Gasteiger partial charge is 0.343 e. The second-order valence-corrected chi connectivity index (χ2v) is 5.69. The summed E-state index contributed by atoms with van der Waals surface area (Å²) < 4.78 is 11.4. The van der Waals surface area contributed by atoms with Gasteiger partial charge in [0.1, 0.15) is 0 Å². The summed E-state index contributed by atoms with van der Waals surface area (Å²) >= 11 is 2.02. The number of methoxy groups -OCH3 is 1. The van der Waals surface area contributed by atoms with Gasteiger partial charge in [0, 0.05) is 0 Å². The number of urea groups is 1. The Morgan fingerprint density at radius 3 is 2.58 bits per heavy atom. The molecule has 24 heavy (non-hydrogen) atoms. The van der Waals surface area contributed by atoms with Crippen molar-refractivity contribution >= 4 is 40.8 Å². The van der Waals surface area contributed by atoms with Crippen LogP contribution in [-0.2, 0) is 0 Å². The van der Waals surface area contributed by atoms with E-state index in [0.717, 1.165) is 0 Å². The molecule has 0 aliphatic carbocycles. The van der Waals surface area contributed by atoms with Crippen molar-refractivity contribution in [2.75, 3.05) is 7.11 Å². The Bertz CT molecular complexity index is 778. The van der Waals surface area contributed by atoms with Crippen LogP contribution in [-0.4, -0.2) is 25.3 Å². The molecule has 0 atom stereocenters. The minimum absolute atomic E-state index is 0.312. The Kier molecular flexibility index (Phi) is 6.13. The molecule has 0 radical (unpaired) electrons. The molecule has 0 fully saturated rings. The SMILES string of the molecule is COc1cc(/C=N\NC(N)=O)cc(I)c1OC(=O)c1ccccc1. The van der Waals surface area contributed by atoms with Crippen LogP contribution in [0.5, 0.6) is 11.5 Å². The van der Waals surface area contributed by atoms with Crippen molar-refractivity contribution in [3.63, 3.8) is 0 Å². The number of hydrogen-bond donors (Lipinski definition) is 2. The average Bonchev–Trinajstić information content (AvgIpc) is 2.57. The number of hydrogen-bond acceptors (Lipinski definition) is 5. The maximum atomic E-state index is 12.2. The zero-order chi connectivity index (χ0) is 17.5. The lowest BCUT2D eigenvalue weighted by molar-refractivity contribution is 0.0728. The van der Waals surface area contributed by atoms with E-state index in [9.17, 15) is 9.59 Å². The molecule has 0 bridgehead atoms. The number of hydrazone groups is 1. The Labute approximate surface area is 152 Å². The van der Waals surface area contributed by atoms with Gasteiger partial charge in [-0.1, -0.05) is 18.2 Å². The first-order valence-electron chi connectivity index (χ1n) is 6.74. The third kappa shape index (κ3) is 4.69. The van der Waals surface area contributed by atoms with E-state index in [1.54, 1.807) is 36.4 Å². The van der Waals surface area contributed by atoms with Crippen molar-refractivity contribution in [2.45, 2.75) is 0 Å². The number of amides is 2. The summed E-state index contributed by atoms with van der Waals surface area (Å²) in [5.74, 6) is 0.197. The molecule has 0 spiro atoms. The van der Waals surface area contributed by atoms with Crippen LogP contribution in [0.4, 0.5) is 4.79 Å². The van der Waals surface area contributed by atoms with Gasteiger partial charge in [0.15, 0.2) is 11.5 Å². The van der Waals surface area contributed by atoms with Crippen molar-refractivity contribution < 1.29 is 19.1 Å². The fraction of sp³-hybridized carbons (Fsp3) is 0.0625. The van der Waals surface area contributed by atoms with Gasteiger partial charge < -0.3 is 15.2 Å². The number of nitrogens with one attached hydrogen (secondary N) is 1. The van der Waals surface area contributed by atoms with E-state index in [1.807, 2.05) is 28.7 Å². The average molecular weight is 439 g/mol. The van der Waals surface area contributed by atoms with Crippen LogP contribution in [0.2, 0.25) is 0 Å². The number of carbonyl (C=O) groups excluding carboxylic acids is 2. The molecule has 3 N–H and O–H groups in total. The van der Waals surface area contributed by atoms with Gasteiger partial charge in [-0.3, -0.25) is 0 Å². The van der Waals surface area contributed by atoms with E-state index in [-0.39, 0.29) is 0 Å². The fourth-order valence-electron chi connectivity index (χ4n) is 1.81. The molecule has 0 aliphatic heterocycles. The van der Waals surface area contributed by atoms with E-state index < -0.39 is 12.0 Å². The molecule has 0 aliphatic rings. The van der Waals surface area contributed by atoms with Gasteiger partial charge in [0.05, 0.1) is 22.5 Å². The fourth-order valence-corrected chi connectivity index (χ4v) is 2.55. The van der Waals surface area contributed by atoms with Crippen LogP contribution in [0, 0.1) is 3.57 Å². The number of carbonyl (C=O) groups is 2. The minimum atomic E-state index is -0.763. The maximum absolute atomic E-state index is 12.2. The number of esters is 1. The van der Waals surface area contributed by atoms with E-state index in [4.69, 9.17) is 15.2 Å². The van der Waals surface area contributed by atoms with E-state index in [0.29, 0.717) is 26.2 Å². The number of nitrogens with zero attached hydrogens (tertiary/aromatic N) is 1. The van der Waals surface area contributed by atoms with E-state index in [1.165, 1.54) is 13.3 Å². The van der Waals surface area contributed by atoms with E-state index in [2.05, 4.69) is 10.5 Å². The van der Waals surface area contributed by atoms with Crippen LogP contribution in [0.3, 0.4) is 0 Å². The van der Waals surface area contributed by atoms with Crippen LogP contribution in [0.1, 0.15) is 15.9 Å². The highest BCUT2D eigenvalue weighted by Gasteiger charge is 2.16. The molecule has 0 heterocycles. The van der Waals surface area contributed by atoms with Crippen molar-refractivity contribution in [3.8, 4) is 11.5 Å². The summed E-state index contributed by atoms with van der Waals surface area (Å²) in [4.78, 5) is 22.8. The molecule has 2 aromatic rings. The second-order valence-electron chi connectivity index (χ2n) is 4.52. The second kappa shape index (κ2) is 8.29. The summed E-state index contributed by atoms with van der Waals surface area (Å²) in [6.45, 7) is 0. The van der Waals surface area contributed by atoms with Gasteiger partial charge in [-0.15, -0.1) is 0 Å². The summed E-state index contributed by atoms with van der Waals surface area (Å²) in [5.41, 5.74) is 8.11. The van der Waals surface area contributed by atoms with Crippen LogP contribution in [0.25, 0.3) is 0 Å². The summed E-state index contributed by atoms with van der Waals surface area (Å²) in [6.07, 6.45) is 1.40. The molecule has 2 amide bonds. The quantitative estimate of drug-likeness (QED) is 0.246. The maximum Gasteiger partial charge on any atom is 0.343 e. The lowest BCUT2D eigenvalue weighted by Gasteiger charge is -2.12. The Hall–Kier alpha value is -2.62. The zero-order valence-corrected chi connectivity index (χ0v) is 14.8. The molecule has 2 aromatic carbocycles. The molecule has 7 nitrogen and oxygen atoms in total. The van der Waals surface area contributed by atoms with Gasteiger partial charge in [-0.05, 0) is 52.4 Å². The van der Waals surface area contributed by atoms with E-state index >= 15 is 0 Å². The van der Waals surface area contributed by atoms with Gasteiger partial charge in [-0.2, -0.15) is 5.10 Å². The lowest BCUT2D eigenvalue weighted by atomic mass is 10.2. The first-order chi connectivity index (χ1) is 11.5. The van der Waals surface area contributed by atoms with Gasteiger partial charge >= 0.3 is 12.0 Å². The van der Waals surface area contributed by atoms with Crippen molar-refractivity contribution in [3.05, 3.63) is 57.2 Å². The monoisotopic (exact) mass is 439 g/mol. The van der Waals surface area contributed by atoms with Crippen molar-refractivity contribution in [1.29, 1.82) is 0 Å². The molecule has 0 unspecified atom stereocenters. The van der Waals surface area contributed by atoms with Gasteiger partial charge in [0.25, 0.3) is 0 Å². The third-order valence-electron chi connectivity index (χ3n) is 2.84. The Morgan fingerprint density at radius 1 is 1.25 bits per heavy atom. The number of primary amides is 1. The standard InChI is InChI=1S/C16H14IN3O4/c1-23-13-8-10(9-19-20-16(18)22)7-12(17)14(13)24-15(21)11-5-3-2-4-6-11/h2-9H,1H3,(H3,18,20,22)/b19-9-. The predicted octanol–water partition coefficient (Wildman–Crippen LogP) is 2.52. The highest BCUT2D eigenvalue weighted by atomic mass is 127. The molecule has 2 rings (SSSR count). The molecular weight excluding hydrogens is 425 g/mol. The highest BCUT2D eigenvalue weighted by Crippen LogP contribution is 2.34. The molecule has 124 valence electrons. The van der Waals surface area contributed by atoms with Gasteiger partial charge in [-0.25, -0.2) is 15.0 Å². The van der Waals surface area contributed by atoms with Crippen LogP contribution in [0.15, 0.2) is 47.6 Å². The summed E-state index contributed by atoms with van der Waals surface area (Å²) in [6, 6.07) is 11.2. The Morgan fingerprint density at radius 2 is 1.96 bits per heavy atom. The molecule has 0 saturated heterocycles. The van der Waals surface area contributed by atoms with Gasteiger partial charge in [0.2, 0.25) is 0 Å². The number of rotatable bonds is 5. The first-order valence-corrected chi connectivity index (χ1v) is 7.82. The van der Waals surface area contributed by atoms with Crippen molar-refractivity contribution in [2.24, 2.45) is 10.8 Å². The lowest BCUT2D eigenvalue weighted by Crippen LogP contribution is -2.24. The van der Waals surface area contributed by atoms with Crippen LogP contribution >= 0.6 is 22.6 Å².